The van der Waals surface area contributed by atoms with Crippen LogP contribution in [-0.2, 0) is 13.5 Å². The smallest absolute Gasteiger partial charge is 0.0540 e. The summed E-state index contributed by atoms with van der Waals surface area (Å²) in [5.41, 5.74) is 8.80. The summed E-state index contributed by atoms with van der Waals surface area (Å²) in [5.74, 6) is 0. The van der Waals surface area contributed by atoms with Crippen molar-refractivity contribution in [3.8, 4) is 0 Å². The molecule has 4 nitrogen and oxygen atoms in total. The molecule has 0 bridgehead atoms. The van der Waals surface area contributed by atoms with Crippen molar-refractivity contribution in [1.29, 1.82) is 0 Å². The third-order valence-corrected chi connectivity index (χ3v) is 4.29. The number of hydrogen-bond acceptors (Lipinski definition) is 3. The first-order valence-corrected chi connectivity index (χ1v) is 6.76. The minimum Gasteiger partial charge on any atom is -0.328 e. The highest BCUT2D eigenvalue weighted by Crippen LogP contribution is 2.31. The first kappa shape index (κ1) is 11.2. The fourth-order valence-corrected chi connectivity index (χ4v) is 3.33. The van der Waals surface area contributed by atoms with E-state index in [-0.39, 0.29) is 0 Å². The van der Waals surface area contributed by atoms with E-state index in [4.69, 9.17) is 5.73 Å². The molecule has 3 N–H and O–H groups in total. The van der Waals surface area contributed by atoms with Crippen LogP contribution in [0.3, 0.4) is 0 Å². The van der Waals surface area contributed by atoms with E-state index in [1.165, 1.54) is 43.4 Å². The highest BCUT2D eigenvalue weighted by atomic mass is 15.3. The number of aromatic nitrogens is 2. The van der Waals surface area contributed by atoms with Gasteiger partial charge in [0.15, 0.2) is 0 Å². The first-order chi connectivity index (χ1) is 8.24. The van der Waals surface area contributed by atoms with Crippen molar-refractivity contribution in [2.75, 3.05) is 0 Å². The SMILES string of the molecule is Cn1ncc2c1CCCC2NC1CCC(N)C1. The molecule has 2 aliphatic carbocycles. The van der Waals surface area contributed by atoms with Crippen molar-refractivity contribution >= 4 is 0 Å². The topological polar surface area (TPSA) is 55.9 Å². The summed E-state index contributed by atoms with van der Waals surface area (Å²) in [4.78, 5) is 0. The van der Waals surface area contributed by atoms with E-state index >= 15 is 0 Å². The molecule has 1 fully saturated rings. The van der Waals surface area contributed by atoms with Gasteiger partial charge in [0.2, 0.25) is 0 Å². The van der Waals surface area contributed by atoms with E-state index in [9.17, 15) is 0 Å². The maximum absolute atomic E-state index is 5.97. The fourth-order valence-electron chi connectivity index (χ4n) is 3.33. The van der Waals surface area contributed by atoms with E-state index in [2.05, 4.69) is 10.4 Å². The third-order valence-electron chi connectivity index (χ3n) is 4.29. The van der Waals surface area contributed by atoms with Gasteiger partial charge in [0.25, 0.3) is 0 Å². The number of aryl methyl sites for hydroxylation is 1. The minimum atomic E-state index is 0.407. The second-order valence-corrected chi connectivity index (χ2v) is 5.55. The highest BCUT2D eigenvalue weighted by Gasteiger charge is 2.28. The Morgan fingerprint density at radius 1 is 1.41 bits per heavy atom. The van der Waals surface area contributed by atoms with Crippen LogP contribution in [0, 0.1) is 0 Å². The summed E-state index contributed by atoms with van der Waals surface area (Å²) >= 11 is 0. The number of nitrogens with two attached hydrogens (primary N) is 1. The van der Waals surface area contributed by atoms with Gasteiger partial charge in [0, 0.05) is 36.4 Å². The minimum absolute atomic E-state index is 0.407. The van der Waals surface area contributed by atoms with Gasteiger partial charge in [0.1, 0.15) is 0 Å². The molecule has 1 saturated carbocycles. The molecule has 0 aliphatic heterocycles. The van der Waals surface area contributed by atoms with Crippen molar-refractivity contribution in [1.82, 2.24) is 15.1 Å². The highest BCUT2D eigenvalue weighted by molar-refractivity contribution is 5.24. The lowest BCUT2D eigenvalue weighted by molar-refractivity contribution is 0.391. The second kappa shape index (κ2) is 4.42. The molecule has 0 saturated heterocycles. The molecule has 0 amide bonds. The van der Waals surface area contributed by atoms with Crippen molar-refractivity contribution < 1.29 is 0 Å². The fraction of sp³-hybridized carbons (Fsp3) is 0.769. The zero-order valence-corrected chi connectivity index (χ0v) is 10.5. The molecule has 0 spiro atoms. The summed E-state index contributed by atoms with van der Waals surface area (Å²) in [5, 5.41) is 8.17. The third kappa shape index (κ3) is 2.11. The van der Waals surface area contributed by atoms with Crippen LogP contribution in [0.5, 0.6) is 0 Å². The molecule has 1 aromatic rings. The van der Waals surface area contributed by atoms with Crippen LogP contribution < -0.4 is 11.1 Å². The molecule has 0 aromatic carbocycles. The molecule has 3 rings (SSSR count). The van der Waals surface area contributed by atoms with Gasteiger partial charge in [-0.15, -0.1) is 0 Å². The van der Waals surface area contributed by atoms with Crippen LogP contribution in [0.4, 0.5) is 0 Å². The van der Waals surface area contributed by atoms with Crippen molar-refractivity contribution in [3.05, 3.63) is 17.5 Å². The van der Waals surface area contributed by atoms with Crippen LogP contribution in [-0.4, -0.2) is 21.9 Å². The lowest BCUT2D eigenvalue weighted by atomic mass is 9.92. The Hall–Kier alpha value is -0.870. The first-order valence-electron chi connectivity index (χ1n) is 6.76. The molecule has 17 heavy (non-hydrogen) atoms. The van der Waals surface area contributed by atoms with Gasteiger partial charge in [-0.05, 0) is 38.5 Å². The summed E-state index contributed by atoms with van der Waals surface area (Å²) in [6.45, 7) is 0. The molecule has 94 valence electrons. The molecule has 0 radical (unpaired) electrons. The molecular formula is C13H22N4. The van der Waals surface area contributed by atoms with E-state index in [0.29, 0.717) is 18.1 Å². The Kier molecular flexibility index (Phi) is 2.92. The Morgan fingerprint density at radius 3 is 3.06 bits per heavy atom. The molecule has 2 aliphatic rings. The number of nitrogens with zero attached hydrogens (tertiary/aromatic N) is 2. The summed E-state index contributed by atoms with van der Waals surface area (Å²) < 4.78 is 2.03. The van der Waals surface area contributed by atoms with Crippen LogP contribution in [0.1, 0.15) is 49.4 Å². The maximum Gasteiger partial charge on any atom is 0.0540 e. The predicted molar refractivity (Wildman–Crippen MR) is 67.6 cm³/mol. The van der Waals surface area contributed by atoms with Crippen LogP contribution in [0.25, 0.3) is 0 Å². The molecule has 1 aromatic heterocycles. The van der Waals surface area contributed by atoms with Gasteiger partial charge in [-0.3, -0.25) is 4.68 Å². The molecule has 3 atom stereocenters. The quantitative estimate of drug-likeness (QED) is 0.810. The second-order valence-electron chi connectivity index (χ2n) is 5.55. The molecule has 3 unspecified atom stereocenters. The van der Waals surface area contributed by atoms with E-state index in [1.54, 1.807) is 0 Å². The van der Waals surface area contributed by atoms with Crippen LogP contribution >= 0.6 is 0 Å². The average molecular weight is 234 g/mol. The zero-order valence-electron chi connectivity index (χ0n) is 10.5. The summed E-state index contributed by atoms with van der Waals surface area (Å²) in [6, 6.07) is 1.52. The molecule has 1 heterocycles. The van der Waals surface area contributed by atoms with E-state index in [0.717, 1.165) is 6.42 Å². The standard InChI is InChI=1S/C13H22N4/c1-17-13-4-2-3-12(11(13)8-15-17)16-10-6-5-9(14)7-10/h8-10,12,16H,2-7,14H2,1H3. The van der Waals surface area contributed by atoms with Gasteiger partial charge in [-0.25, -0.2) is 0 Å². The number of hydrogen-bond donors (Lipinski definition) is 2. The Labute approximate surface area is 103 Å². The normalized spacial score (nSPS) is 32.7. The summed E-state index contributed by atoms with van der Waals surface area (Å²) in [6.07, 6.45) is 9.26. The average Bonchev–Trinajstić information content (AvgIpc) is 2.88. The van der Waals surface area contributed by atoms with Crippen molar-refractivity contribution in [2.24, 2.45) is 12.8 Å². The zero-order chi connectivity index (χ0) is 11.8. The summed E-state index contributed by atoms with van der Waals surface area (Å²) in [7, 11) is 2.05. The maximum atomic E-state index is 5.97. The number of nitrogens with one attached hydrogen (secondary N) is 1. The Morgan fingerprint density at radius 2 is 2.29 bits per heavy atom. The predicted octanol–water partition coefficient (Wildman–Crippen LogP) is 1.27. The van der Waals surface area contributed by atoms with Crippen LogP contribution in [0.15, 0.2) is 6.20 Å². The van der Waals surface area contributed by atoms with Gasteiger partial charge < -0.3 is 11.1 Å². The number of fused-ring (bicyclic) bond motifs is 1. The lowest BCUT2D eigenvalue weighted by Gasteiger charge is -2.27. The Balaban J connectivity index is 1.72. The van der Waals surface area contributed by atoms with Crippen LogP contribution in [0.2, 0.25) is 0 Å². The molecule has 4 heteroatoms. The monoisotopic (exact) mass is 234 g/mol. The van der Waals surface area contributed by atoms with E-state index in [1.807, 2.05) is 17.9 Å². The van der Waals surface area contributed by atoms with Crippen molar-refractivity contribution in [2.45, 2.75) is 56.7 Å². The lowest BCUT2D eigenvalue weighted by Crippen LogP contribution is -2.34. The Bertz CT molecular complexity index is 398. The van der Waals surface area contributed by atoms with Gasteiger partial charge in [-0.1, -0.05) is 0 Å². The van der Waals surface area contributed by atoms with Gasteiger partial charge in [-0.2, -0.15) is 5.10 Å². The molecular weight excluding hydrogens is 212 g/mol. The van der Waals surface area contributed by atoms with Gasteiger partial charge >= 0.3 is 0 Å². The van der Waals surface area contributed by atoms with E-state index < -0.39 is 0 Å². The van der Waals surface area contributed by atoms with Gasteiger partial charge in [0.05, 0.1) is 6.20 Å². The largest absolute Gasteiger partial charge is 0.328 e. The van der Waals surface area contributed by atoms with Crippen molar-refractivity contribution in [3.63, 3.8) is 0 Å². The number of rotatable bonds is 2.